The van der Waals surface area contributed by atoms with Crippen LogP contribution >= 0.6 is 0 Å². The molecule has 3 aromatic rings. The molecule has 5 nitrogen and oxygen atoms in total. The highest BCUT2D eigenvalue weighted by Gasteiger charge is 2.28. The Labute approximate surface area is 134 Å². The van der Waals surface area contributed by atoms with E-state index in [9.17, 15) is 0 Å². The van der Waals surface area contributed by atoms with Gasteiger partial charge in [0.25, 0.3) is 0 Å². The van der Waals surface area contributed by atoms with Crippen LogP contribution in [-0.2, 0) is 0 Å². The van der Waals surface area contributed by atoms with E-state index in [1.165, 1.54) is 25.7 Å². The molecule has 1 aromatic carbocycles. The molecule has 23 heavy (non-hydrogen) atoms. The number of nitrogens with zero attached hydrogens (tertiary/aromatic N) is 3. The number of hydrogen-bond donors (Lipinski definition) is 1. The second kappa shape index (κ2) is 5.20. The Morgan fingerprint density at radius 3 is 2.61 bits per heavy atom. The van der Waals surface area contributed by atoms with E-state index >= 15 is 0 Å². The van der Waals surface area contributed by atoms with Crippen LogP contribution in [-0.4, -0.2) is 35.1 Å². The quantitative estimate of drug-likeness (QED) is 0.806. The maximum absolute atomic E-state index is 6.06. The number of rotatable bonds is 3. The number of furan rings is 1. The molecule has 0 amide bonds. The number of para-hydroxylation sites is 1. The number of hydrogen-bond acceptors (Lipinski definition) is 5. The average Bonchev–Trinajstić information content (AvgIpc) is 3.33. The number of aromatic nitrogens is 2. The molecule has 0 atom stereocenters. The summed E-state index contributed by atoms with van der Waals surface area (Å²) in [6, 6.07) is 9.51. The van der Waals surface area contributed by atoms with Crippen molar-refractivity contribution in [3.8, 4) is 0 Å². The van der Waals surface area contributed by atoms with Gasteiger partial charge in [0, 0.05) is 30.6 Å². The summed E-state index contributed by atoms with van der Waals surface area (Å²) in [5.41, 5.74) is 2.63. The molecule has 1 saturated heterocycles. The number of fused-ring (bicyclic) bond motifs is 3. The monoisotopic (exact) mass is 308 g/mol. The Kier molecular flexibility index (Phi) is 3.01. The van der Waals surface area contributed by atoms with Gasteiger partial charge in [-0.3, -0.25) is 0 Å². The number of nitrogens with one attached hydrogen (secondary N) is 1. The Balaban J connectivity index is 1.46. The molecular weight excluding hydrogens is 288 g/mol. The van der Waals surface area contributed by atoms with E-state index in [0.717, 1.165) is 47.0 Å². The molecule has 1 aliphatic carbocycles. The van der Waals surface area contributed by atoms with Crippen LogP contribution < -0.4 is 10.2 Å². The lowest BCUT2D eigenvalue weighted by molar-refractivity contribution is 0.411. The van der Waals surface area contributed by atoms with Crippen molar-refractivity contribution in [2.75, 3.05) is 18.0 Å². The lowest BCUT2D eigenvalue weighted by Crippen LogP contribution is -2.43. The maximum atomic E-state index is 6.06. The van der Waals surface area contributed by atoms with Crippen molar-refractivity contribution in [2.45, 2.75) is 37.8 Å². The molecule has 5 rings (SSSR count). The third kappa shape index (κ3) is 2.36. The Bertz CT molecular complexity index is 846. The molecule has 1 saturated carbocycles. The third-order valence-corrected chi connectivity index (χ3v) is 4.98. The number of benzene rings is 1. The predicted octanol–water partition coefficient (Wildman–Crippen LogP) is 3.10. The first-order valence-electron chi connectivity index (χ1n) is 8.52. The molecule has 3 heterocycles. The van der Waals surface area contributed by atoms with E-state index in [4.69, 9.17) is 4.42 Å². The van der Waals surface area contributed by atoms with Crippen molar-refractivity contribution >= 4 is 27.9 Å². The lowest BCUT2D eigenvalue weighted by atomic mass is 10.0. The first kappa shape index (κ1) is 13.3. The van der Waals surface area contributed by atoms with E-state index in [1.54, 1.807) is 6.33 Å². The summed E-state index contributed by atoms with van der Waals surface area (Å²) >= 11 is 0. The molecule has 2 fully saturated rings. The molecule has 118 valence electrons. The third-order valence-electron chi connectivity index (χ3n) is 4.98. The summed E-state index contributed by atoms with van der Waals surface area (Å²) in [4.78, 5) is 11.3. The number of anilines is 1. The second-order valence-electron chi connectivity index (χ2n) is 6.68. The second-order valence-corrected chi connectivity index (χ2v) is 6.68. The van der Waals surface area contributed by atoms with Crippen LogP contribution in [0.3, 0.4) is 0 Å². The van der Waals surface area contributed by atoms with Crippen molar-refractivity contribution < 1.29 is 4.42 Å². The van der Waals surface area contributed by atoms with Crippen LogP contribution in [0.25, 0.3) is 22.1 Å². The highest BCUT2D eigenvalue weighted by atomic mass is 16.3. The lowest BCUT2D eigenvalue weighted by Gasteiger charge is -2.33. The van der Waals surface area contributed by atoms with Gasteiger partial charge in [-0.1, -0.05) is 12.1 Å². The van der Waals surface area contributed by atoms with Gasteiger partial charge in [0.15, 0.2) is 11.4 Å². The minimum Gasteiger partial charge on any atom is -0.450 e. The molecule has 0 bridgehead atoms. The Hall–Kier alpha value is -2.14. The van der Waals surface area contributed by atoms with Gasteiger partial charge in [-0.25, -0.2) is 9.97 Å². The van der Waals surface area contributed by atoms with Gasteiger partial charge in [-0.05, 0) is 37.8 Å². The van der Waals surface area contributed by atoms with Crippen LogP contribution in [0.2, 0.25) is 0 Å². The van der Waals surface area contributed by atoms with E-state index in [0.29, 0.717) is 6.04 Å². The topological polar surface area (TPSA) is 54.2 Å². The maximum Gasteiger partial charge on any atom is 0.196 e. The summed E-state index contributed by atoms with van der Waals surface area (Å²) in [5.74, 6) is 0.941. The zero-order chi connectivity index (χ0) is 15.2. The normalized spacial score (nSPS) is 19.7. The largest absolute Gasteiger partial charge is 0.450 e. The van der Waals surface area contributed by atoms with Gasteiger partial charge in [0.2, 0.25) is 0 Å². The van der Waals surface area contributed by atoms with Crippen LogP contribution in [0.4, 0.5) is 5.82 Å². The minimum atomic E-state index is 0.659. The van der Waals surface area contributed by atoms with Crippen molar-refractivity contribution in [1.82, 2.24) is 15.3 Å². The highest BCUT2D eigenvalue weighted by molar-refractivity contribution is 6.05. The Morgan fingerprint density at radius 1 is 1.00 bits per heavy atom. The van der Waals surface area contributed by atoms with E-state index < -0.39 is 0 Å². The van der Waals surface area contributed by atoms with E-state index in [-0.39, 0.29) is 0 Å². The fraction of sp³-hybridized carbons (Fsp3) is 0.444. The van der Waals surface area contributed by atoms with Crippen LogP contribution in [0, 0.1) is 0 Å². The Morgan fingerprint density at radius 2 is 1.78 bits per heavy atom. The molecule has 2 aliphatic rings. The van der Waals surface area contributed by atoms with Crippen LogP contribution in [0.1, 0.15) is 25.7 Å². The van der Waals surface area contributed by atoms with Gasteiger partial charge in [-0.15, -0.1) is 0 Å². The summed E-state index contributed by atoms with van der Waals surface area (Å²) in [7, 11) is 0. The van der Waals surface area contributed by atoms with Gasteiger partial charge >= 0.3 is 0 Å². The van der Waals surface area contributed by atoms with Crippen molar-refractivity contribution in [3.63, 3.8) is 0 Å². The molecule has 0 unspecified atom stereocenters. The van der Waals surface area contributed by atoms with Crippen molar-refractivity contribution in [3.05, 3.63) is 30.6 Å². The van der Waals surface area contributed by atoms with Gasteiger partial charge in [-0.2, -0.15) is 0 Å². The molecule has 1 aliphatic heterocycles. The summed E-state index contributed by atoms with van der Waals surface area (Å²) in [6.45, 7) is 2.04. The molecule has 0 radical (unpaired) electrons. The summed E-state index contributed by atoms with van der Waals surface area (Å²) < 4.78 is 6.06. The average molecular weight is 308 g/mol. The zero-order valence-corrected chi connectivity index (χ0v) is 13.0. The molecular formula is C18H20N4O. The first-order valence-corrected chi connectivity index (χ1v) is 8.52. The predicted molar refractivity (Wildman–Crippen MR) is 90.7 cm³/mol. The van der Waals surface area contributed by atoms with Gasteiger partial charge in [0.05, 0.1) is 0 Å². The van der Waals surface area contributed by atoms with Crippen molar-refractivity contribution in [2.24, 2.45) is 0 Å². The van der Waals surface area contributed by atoms with Gasteiger partial charge < -0.3 is 14.6 Å². The molecule has 5 heteroatoms. The standard InChI is InChI=1S/C18H20N4O/c1-2-4-15-14(3-1)16-17(23-15)18(20-11-19-16)22-9-7-13(8-10-22)21-12-5-6-12/h1-4,11-13,21H,5-10H2. The molecule has 2 aromatic heterocycles. The fourth-order valence-electron chi connectivity index (χ4n) is 3.58. The molecule has 1 N–H and O–H groups in total. The number of piperidine rings is 1. The highest BCUT2D eigenvalue weighted by Crippen LogP contribution is 2.33. The van der Waals surface area contributed by atoms with Gasteiger partial charge in [0.1, 0.15) is 17.4 Å². The SMILES string of the molecule is c1ccc2c(c1)oc1c(N3CCC(NC4CC4)CC3)ncnc12. The van der Waals surface area contributed by atoms with Crippen molar-refractivity contribution in [1.29, 1.82) is 0 Å². The smallest absolute Gasteiger partial charge is 0.196 e. The minimum absolute atomic E-state index is 0.659. The van der Waals surface area contributed by atoms with Crippen LogP contribution in [0.5, 0.6) is 0 Å². The molecule has 0 spiro atoms. The van der Waals surface area contributed by atoms with E-state index in [1.807, 2.05) is 18.2 Å². The summed E-state index contributed by atoms with van der Waals surface area (Å²) in [6.07, 6.45) is 6.70. The van der Waals surface area contributed by atoms with Crippen LogP contribution in [0.15, 0.2) is 35.0 Å². The summed E-state index contributed by atoms with van der Waals surface area (Å²) in [5, 5.41) is 4.81. The first-order chi connectivity index (χ1) is 11.4. The zero-order valence-electron chi connectivity index (χ0n) is 13.0. The van der Waals surface area contributed by atoms with E-state index in [2.05, 4.69) is 26.3 Å². The fourth-order valence-corrected chi connectivity index (χ4v) is 3.58.